The second kappa shape index (κ2) is 9.86. The Hall–Kier alpha value is -2.74. The van der Waals surface area contributed by atoms with E-state index in [9.17, 15) is 22.8 Å². The normalized spacial score (nSPS) is 18.9. The van der Waals surface area contributed by atoms with E-state index in [1.54, 1.807) is 4.57 Å². The van der Waals surface area contributed by atoms with Crippen molar-refractivity contribution in [2.45, 2.75) is 51.9 Å². The van der Waals surface area contributed by atoms with Crippen molar-refractivity contribution in [3.8, 4) is 0 Å². The zero-order valence-corrected chi connectivity index (χ0v) is 19.6. The Morgan fingerprint density at radius 2 is 1.65 bits per heavy atom. The summed E-state index contributed by atoms with van der Waals surface area (Å²) in [6.07, 6.45) is -0.944. The Bertz CT molecular complexity index is 1240. The molecular weight excluding hydrogens is 467 g/mol. The highest BCUT2D eigenvalue weighted by Crippen LogP contribution is 2.32. The van der Waals surface area contributed by atoms with Gasteiger partial charge in [-0.1, -0.05) is 23.7 Å². The van der Waals surface area contributed by atoms with Gasteiger partial charge in [-0.3, -0.25) is 13.9 Å². The molecule has 0 radical (unpaired) electrons. The number of aromatic nitrogens is 2. The van der Waals surface area contributed by atoms with Crippen molar-refractivity contribution in [3.63, 3.8) is 0 Å². The molecule has 1 aromatic heterocycles. The van der Waals surface area contributed by atoms with Crippen LogP contribution in [-0.2, 0) is 19.3 Å². The predicted molar refractivity (Wildman–Crippen MR) is 126 cm³/mol. The molecule has 5 nitrogen and oxygen atoms in total. The lowest BCUT2D eigenvalue weighted by molar-refractivity contribution is -0.137. The van der Waals surface area contributed by atoms with E-state index in [-0.39, 0.29) is 22.2 Å². The molecule has 3 aromatic rings. The lowest BCUT2D eigenvalue weighted by Crippen LogP contribution is -2.33. The van der Waals surface area contributed by atoms with Gasteiger partial charge in [0, 0.05) is 19.6 Å². The number of nitrogens with zero attached hydrogens (tertiary/aromatic N) is 2. The summed E-state index contributed by atoms with van der Waals surface area (Å²) in [5.41, 5.74) is 0.830. The smallest absolute Gasteiger partial charge is 0.352 e. The average Bonchev–Trinajstić information content (AvgIpc) is 3.08. The van der Waals surface area contributed by atoms with Crippen LogP contribution in [0.5, 0.6) is 0 Å². The molecule has 4 rings (SSSR count). The highest BCUT2D eigenvalue weighted by Gasteiger charge is 2.32. The zero-order chi connectivity index (χ0) is 24.5. The highest BCUT2D eigenvalue weighted by molar-refractivity contribution is 6.33. The van der Waals surface area contributed by atoms with E-state index in [2.05, 4.69) is 5.32 Å². The topological polar surface area (TPSA) is 56.0 Å². The molecule has 0 spiro atoms. The Labute approximate surface area is 200 Å². The first kappa shape index (κ1) is 24.4. The number of aryl methyl sites for hydroxylation is 1. The van der Waals surface area contributed by atoms with Crippen molar-refractivity contribution in [1.82, 2.24) is 14.5 Å². The van der Waals surface area contributed by atoms with E-state index >= 15 is 0 Å². The van der Waals surface area contributed by atoms with E-state index in [0.29, 0.717) is 25.6 Å². The summed E-state index contributed by atoms with van der Waals surface area (Å²) in [6, 6.07) is 10.6. The van der Waals surface area contributed by atoms with Gasteiger partial charge in [0.25, 0.3) is 5.91 Å². The molecule has 0 unspecified atom stereocenters. The number of hydrogen-bond donors (Lipinski definition) is 1. The number of halogens is 4. The summed E-state index contributed by atoms with van der Waals surface area (Å²) in [5.74, 6) is -0.00527. The number of imidazole rings is 1. The van der Waals surface area contributed by atoms with Crippen LogP contribution in [0.15, 0.2) is 47.3 Å². The second-order valence-corrected chi connectivity index (χ2v) is 9.32. The van der Waals surface area contributed by atoms with Crippen LogP contribution in [0, 0.1) is 11.8 Å². The van der Waals surface area contributed by atoms with Gasteiger partial charge in [0.1, 0.15) is 0 Å². The van der Waals surface area contributed by atoms with Crippen LogP contribution >= 0.6 is 11.6 Å². The summed E-state index contributed by atoms with van der Waals surface area (Å²) in [4.78, 5) is 25.4. The van der Waals surface area contributed by atoms with Gasteiger partial charge in [0.15, 0.2) is 0 Å². The van der Waals surface area contributed by atoms with E-state index in [1.807, 2.05) is 35.8 Å². The third kappa shape index (κ3) is 5.02. The minimum absolute atomic E-state index is 0.00843. The molecular formula is C25H27ClF3N3O2. The van der Waals surface area contributed by atoms with E-state index in [1.165, 1.54) is 0 Å². The molecule has 1 N–H and O–H groups in total. The molecule has 1 heterocycles. The van der Waals surface area contributed by atoms with Crippen molar-refractivity contribution >= 4 is 28.5 Å². The SMILES string of the molecule is CCn1c(=O)n(CC2CCC(CNC(=O)c3cc(C(F)(F)F)ccc3Cl)CC2)c2ccccc21. The molecule has 1 aliphatic carbocycles. The van der Waals surface area contributed by atoms with Crippen LogP contribution in [0.1, 0.15) is 48.5 Å². The summed E-state index contributed by atoms with van der Waals surface area (Å²) in [7, 11) is 0. The number of hydrogen-bond acceptors (Lipinski definition) is 2. The minimum Gasteiger partial charge on any atom is -0.352 e. The number of rotatable bonds is 6. The van der Waals surface area contributed by atoms with Gasteiger partial charge in [0.2, 0.25) is 0 Å². The first-order valence-electron chi connectivity index (χ1n) is 11.5. The maximum Gasteiger partial charge on any atom is 0.416 e. The van der Waals surface area contributed by atoms with Gasteiger partial charge < -0.3 is 5.32 Å². The van der Waals surface area contributed by atoms with Crippen molar-refractivity contribution in [1.29, 1.82) is 0 Å². The fraction of sp³-hybridized carbons (Fsp3) is 0.440. The highest BCUT2D eigenvalue weighted by atomic mass is 35.5. The molecule has 1 amide bonds. The first-order chi connectivity index (χ1) is 16.2. The monoisotopic (exact) mass is 493 g/mol. The fourth-order valence-electron chi connectivity index (χ4n) is 4.84. The number of amides is 1. The van der Waals surface area contributed by atoms with Crippen LogP contribution in [-0.4, -0.2) is 21.6 Å². The average molecular weight is 494 g/mol. The van der Waals surface area contributed by atoms with Crippen molar-refractivity contribution in [3.05, 3.63) is 69.1 Å². The molecule has 182 valence electrons. The summed E-state index contributed by atoms with van der Waals surface area (Å²) in [6.45, 7) is 3.62. The molecule has 1 aliphatic rings. The molecule has 0 atom stereocenters. The van der Waals surface area contributed by atoms with Crippen molar-refractivity contribution in [2.75, 3.05) is 6.54 Å². The third-order valence-electron chi connectivity index (χ3n) is 6.74. The molecule has 1 fully saturated rings. The summed E-state index contributed by atoms with van der Waals surface area (Å²) in [5, 5.41) is 2.74. The van der Waals surface area contributed by atoms with Crippen molar-refractivity contribution < 1.29 is 18.0 Å². The number of para-hydroxylation sites is 2. The zero-order valence-electron chi connectivity index (χ0n) is 18.9. The molecule has 9 heteroatoms. The Morgan fingerprint density at radius 1 is 1.03 bits per heavy atom. The maximum absolute atomic E-state index is 13.0. The van der Waals surface area contributed by atoms with Gasteiger partial charge in [-0.2, -0.15) is 13.2 Å². The van der Waals surface area contributed by atoms with Gasteiger partial charge in [0.05, 0.1) is 27.2 Å². The number of alkyl halides is 3. The van der Waals surface area contributed by atoms with Gasteiger partial charge in [-0.05, 0) is 74.8 Å². The van der Waals surface area contributed by atoms with Crippen LogP contribution in [0.3, 0.4) is 0 Å². The first-order valence-corrected chi connectivity index (χ1v) is 11.9. The van der Waals surface area contributed by atoms with Crippen LogP contribution in [0.2, 0.25) is 5.02 Å². The quantitative estimate of drug-likeness (QED) is 0.476. The second-order valence-electron chi connectivity index (χ2n) is 8.92. The summed E-state index contributed by atoms with van der Waals surface area (Å²) < 4.78 is 42.6. The van der Waals surface area contributed by atoms with Crippen LogP contribution in [0.25, 0.3) is 11.0 Å². The van der Waals surface area contributed by atoms with E-state index in [0.717, 1.165) is 54.9 Å². The van der Waals surface area contributed by atoms with E-state index in [4.69, 9.17) is 11.6 Å². The number of carbonyl (C=O) groups excluding carboxylic acids is 1. The Balaban J connectivity index is 1.34. The van der Waals surface area contributed by atoms with Gasteiger partial charge in [-0.25, -0.2) is 4.79 Å². The predicted octanol–water partition coefficient (Wildman–Crippen LogP) is 5.73. The van der Waals surface area contributed by atoms with Crippen LogP contribution < -0.4 is 11.0 Å². The lowest BCUT2D eigenvalue weighted by Gasteiger charge is -2.29. The molecule has 0 saturated heterocycles. The minimum atomic E-state index is -4.54. The standard InChI is InChI=1S/C25H27ClF3N3O2/c1-2-31-21-5-3-4-6-22(21)32(24(31)34)15-17-9-7-16(8-10-17)14-30-23(33)19-13-18(25(27,28)29)11-12-20(19)26/h3-6,11-13,16-17H,2,7-10,14-15H2,1H3,(H,30,33). The molecule has 1 saturated carbocycles. The van der Waals surface area contributed by atoms with Gasteiger partial charge in [-0.15, -0.1) is 0 Å². The summed E-state index contributed by atoms with van der Waals surface area (Å²) >= 11 is 5.97. The number of carbonyl (C=O) groups is 1. The Morgan fingerprint density at radius 3 is 2.26 bits per heavy atom. The third-order valence-corrected chi connectivity index (χ3v) is 7.07. The van der Waals surface area contributed by atoms with Gasteiger partial charge >= 0.3 is 11.9 Å². The van der Waals surface area contributed by atoms with E-state index < -0.39 is 17.6 Å². The number of nitrogens with one attached hydrogen (secondary N) is 1. The fourth-order valence-corrected chi connectivity index (χ4v) is 5.04. The number of benzene rings is 2. The van der Waals surface area contributed by atoms with Crippen molar-refractivity contribution in [2.24, 2.45) is 11.8 Å². The number of fused-ring (bicyclic) bond motifs is 1. The molecule has 34 heavy (non-hydrogen) atoms. The van der Waals surface area contributed by atoms with Crippen LogP contribution in [0.4, 0.5) is 13.2 Å². The molecule has 2 aromatic carbocycles. The largest absolute Gasteiger partial charge is 0.416 e. The maximum atomic E-state index is 13.0. The lowest BCUT2D eigenvalue weighted by atomic mass is 9.82. The molecule has 0 aliphatic heterocycles. The Kier molecular flexibility index (Phi) is 7.07. The molecule has 0 bridgehead atoms.